The van der Waals surface area contributed by atoms with Crippen LogP contribution in [-0.2, 0) is 28.6 Å². The Morgan fingerprint density at radius 2 is 1.96 bits per heavy atom. The highest BCUT2D eigenvalue weighted by atomic mass is 16.6. The average molecular weight is 390 g/mol. The molecule has 0 aromatic rings. The molecule has 2 fully saturated rings. The third-order valence-corrected chi connectivity index (χ3v) is 7.03. The SMILES string of the molecule is CC=C(C)C(=O)O[C@]1(C)C(=O)O[C@@H]2[C@H]1CC[C@]1(C)[C@H](OC(C)=O)CC=C(C)[C@@H]21. The molecule has 3 aliphatic rings. The van der Waals surface area contributed by atoms with E-state index in [1.165, 1.54) is 6.92 Å². The van der Waals surface area contributed by atoms with Gasteiger partial charge < -0.3 is 14.2 Å². The van der Waals surface area contributed by atoms with Gasteiger partial charge in [-0.3, -0.25) is 4.79 Å². The standard InChI is InChI=1S/C22H30O6/c1-7-12(2)19(24)28-22(6)15-10-11-21(5)16(26-14(4)23)9-8-13(3)17(21)18(15)27-20(22)25/h7-8,15-18H,9-11H2,1-6H3/t15-,16-,17+,18-,21-,22+/m1/s1. The monoisotopic (exact) mass is 390 g/mol. The van der Waals surface area contributed by atoms with Gasteiger partial charge in [-0.15, -0.1) is 0 Å². The number of hydrogen-bond acceptors (Lipinski definition) is 6. The van der Waals surface area contributed by atoms with Crippen molar-refractivity contribution in [2.45, 2.75) is 78.6 Å². The molecule has 0 spiro atoms. The average Bonchev–Trinajstić information content (AvgIpc) is 2.86. The number of carbonyl (C=O) groups is 3. The summed E-state index contributed by atoms with van der Waals surface area (Å²) in [4.78, 5) is 36.8. The van der Waals surface area contributed by atoms with Gasteiger partial charge in [-0.1, -0.05) is 24.6 Å². The summed E-state index contributed by atoms with van der Waals surface area (Å²) in [6.45, 7) is 10.7. The van der Waals surface area contributed by atoms with Gasteiger partial charge in [-0.2, -0.15) is 0 Å². The van der Waals surface area contributed by atoms with Crippen molar-refractivity contribution in [1.29, 1.82) is 0 Å². The van der Waals surface area contributed by atoms with E-state index in [4.69, 9.17) is 14.2 Å². The third kappa shape index (κ3) is 3.07. The van der Waals surface area contributed by atoms with Crippen molar-refractivity contribution in [2.75, 3.05) is 0 Å². The molecule has 0 aromatic carbocycles. The summed E-state index contributed by atoms with van der Waals surface area (Å²) >= 11 is 0. The minimum atomic E-state index is -1.30. The highest BCUT2D eigenvalue weighted by Crippen LogP contribution is 2.58. The van der Waals surface area contributed by atoms with Crippen molar-refractivity contribution in [3.8, 4) is 0 Å². The van der Waals surface area contributed by atoms with Gasteiger partial charge in [0.25, 0.3) is 0 Å². The second-order valence-corrected chi connectivity index (χ2v) is 8.75. The van der Waals surface area contributed by atoms with E-state index in [9.17, 15) is 14.4 Å². The van der Waals surface area contributed by atoms with Crippen molar-refractivity contribution in [2.24, 2.45) is 17.3 Å². The maximum Gasteiger partial charge on any atom is 0.351 e. The quantitative estimate of drug-likeness (QED) is 0.318. The molecule has 0 amide bonds. The van der Waals surface area contributed by atoms with Crippen LogP contribution >= 0.6 is 0 Å². The lowest BCUT2D eigenvalue weighted by Crippen LogP contribution is -2.56. The van der Waals surface area contributed by atoms with Crippen molar-refractivity contribution >= 4 is 17.9 Å². The number of rotatable bonds is 3. The van der Waals surface area contributed by atoms with Gasteiger partial charge in [-0.25, -0.2) is 9.59 Å². The molecule has 1 saturated heterocycles. The first-order chi connectivity index (χ1) is 13.0. The van der Waals surface area contributed by atoms with Gasteiger partial charge in [0.05, 0.1) is 0 Å². The number of allylic oxidation sites excluding steroid dienone is 1. The maximum atomic E-state index is 12.8. The lowest BCUT2D eigenvalue weighted by molar-refractivity contribution is -0.170. The minimum absolute atomic E-state index is 0.0726. The molecule has 2 aliphatic carbocycles. The highest BCUT2D eigenvalue weighted by molar-refractivity contribution is 5.92. The van der Waals surface area contributed by atoms with E-state index >= 15 is 0 Å². The number of ether oxygens (including phenoxy) is 3. The zero-order valence-electron chi connectivity index (χ0n) is 17.5. The lowest BCUT2D eigenvalue weighted by Gasteiger charge is -2.52. The van der Waals surface area contributed by atoms with Gasteiger partial charge in [0.15, 0.2) is 0 Å². The molecule has 1 aliphatic heterocycles. The molecular formula is C22H30O6. The molecule has 0 radical (unpaired) electrons. The van der Waals surface area contributed by atoms with Crippen LogP contribution in [0.5, 0.6) is 0 Å². The second-order valence-electron chi connectivity index (χ2n) is 8.75. The zero-order chi connectivity index (χ0) is 20.9. The molecule has 154 valence electrons. The molecule has 1 heterocycles. The minimum Gasteiger partial charge on any atom is -0.462 e. The van der Waals surface area contributed by atoms with Gasteiger partial charge in [-0.05, 0) is 40.5 Å². The van der Waals surface area contributed by atoms with Crippen LogP contribution in [0.1, 0.15) is 60.8 Å². The molecule has 6 heteroatoms. The van der Waals surface area contributed by atoms with Crippen LogP contribution < -0.4 is 0 Å². The molecule has 28 heavy (non-hydrogen) atoms. The molecule has 0 aromatic heterocycles. The van der Waals surface area contributed by atoms with E-state index in [-0.39, 0.29) is 29.3 Å². The summed E-state index contributed by atoms with van der Waals surface area (Å²) in [5.41, 5.74) is -0.0296. The maximum absolute atomic E-state index is 12.8. The predicted molar refractivity (Wildman–Crippen MR) is 102 cm³/mol. The highest BCUT2D eigenvalue weighted by Gasteiger charge is 2.65. The smallest absolute Gasteiger partial charge is 0.351 e. The first kappa shape index (κ1) is 20.6. The molecule has 1 saturated carbocycles. The Labute approximate surface area is 166 Å². The number of fused-ring (bicyclic) bond motifs is 3. The second kappa shape index (κ2) is 7.05. The molecule has 0 bridgehead atoms. The van der Waals surface area contributed by atoms with E-state index in [1.807, 2.05) is 6.92 Å². The number of esters is 3. The summed E-state index contributed by atoms with van der Waals surface area (Å²) in [7, 11) is 0. The first-order valence-electron chi connectivity index (χ1n) is 9.95. The van der Waals surface area contributed by atoms with Crippen molar-refractivity contribution < 1.29 is 28.6 Å². The fourth-order valence-electron chi connectivity index (χ4n) is 5.25. The molecule has 6 nitrogen and oxygen atoms in total. The van der Waals surface area contributed by atoms with E-state index in [1.54, 1.807) is 26.8 Å². The topological polar surface area (TPSA) is 78.9 Å². The fourth-order valence-corrected chi connectivity index (χ4v) is 5.25. The molecule has 3 rings (SSSR count). The normalized spacial score (nSPS) is 40.0. The molecule has 0 unspecified atom stereocenters. The van der Waals surface area contributed by atoms with Crippen LogP contribution in [0, 0.1) is 17.3 Å². The largest absolute Gasteiger partial charge is 0.462 e. The lowest BCUT2D eigenvalue weighted by atomic mass is 9.54. The van der Waals surface area contributed by atoms with Gasteiger partial charge in [0.2, 0.25) is 5.60 Å². The summed E-state index contributed by atoms with van der Waals surface area (Å²) < 4.78 is 17.2. The zero-order valence-corrected chi connectivity index (χ0v) is 17.5. The summed E-state index contributed by atoms with van der Waals surface area (Å²) in [6.07, 6.45) is 5.17. The summed E-state index contributed by atoms with van der Waals surface area (Å²) in [6, 6.07) is 0. The van der Waals surface area contributed by atoms with Crippen LogP contribution in [0.15, 0.2) is 23.3 Å². The van der Waals surface area contributed by atoms with E-state index in [0.717, 1.165) is 12.0 Å². The third-order valence-electron chi connectivity index (χ3n) is 7.03. The van der Waals surface area contributed by atoms with Crippen LogP contribution in [0.4, 0.5) is 0 Å². The van der Waals surface area contributed by atoms with Crippen LogP contribution in [-0.4, -0.2) is 35.7 Å². The van der Waals surface area contributed by atoms with Gasteiger partial charge in [0, 0.05) is 36.2 Å². The van der Waals surface area contributed by atoms with Gasteiger partial charge >= 0.3 is 17.9 Å². The number of carbonyl (C=O) groups excluding carboxylic acids is 3. The Balaban J connectivity index is 1.93. The van der Waals surface area contributed by atoms with Crippen LogP contribution in [0.25, 0.3) is 0 Å². The Kier molecular flexibility index (Phi) is 5.19. The summed E-state index contributed by atoms with van der Waals surface area (Å²) in [5.74, 6) is -1.59. The van der Waals surface area contributed by atoms with E-state index < -0.39 is 23.6 Å². The predicted octanol–water partition coefficient (Wildman–Crippen LogP) is 3.49. The summed E-state index contributed by atoms with van der Waals surface area (Å²) in [5, 5.41) is 0. The molecular weight excluding hydrogens is 360 g/mol. The van der Waals surface area contributed by atoms with E-state index in [2.05, 4.69) is 13.0 Å². The first-order valence-corrected chi connectivity index (χ1v) is 9.95. The van der Waals surface area contributed by atoms with E-state index in [0.29, 0.717) is 18.4 Å². The van der Waals surface area contributed by atoms with Crippen LogP contribution in [0.2, 0.25) is 0 Å². The Morgan fingerprint density at radius 3 is 2.57 bits per heavy atom. The van der Waals surface area contributed by atoms with Crippen molar-refractivity contribution in [3.05, 3.63) is 23.3 Å². The number of hydrogen-bond donors (Lipinski definition) is 0. The van der Waals surface area contributed by atoms with Crippen molar-refractivity contribution in [1.82, 2.24) is 0 Å². The Bertz CT molecular complexity index is 765. The van der Waals surface area contributed by atoms with Crippen molar-refractivity contribution in [3.63, 3.8) is 0 Å². The fraction of sp³-hybridized carbons (Fsp3) is 0.682. The molecule has 6 atom stereocenters. The van der Waals surface area contributed by atoms with Gasteiger partial charge in [0.1, 0.15) is 12.2 Å². The Morgan fingerprint density at radius 1 is 1.29 bits per heavy atom. The Hall–Kier alpha value is -2.11. The molecule has 0 N–H and O–H groups in total. The van der Waals surface area contributed by atoms with Crippen LogP contribution in [0.3, 0.4) is 0 Å².